The van der Waals surface area contributed by atoms with Gasteiger partial charge in [-0.15, -0.1) is 22.7 Å². The highest BCUT2D eigenvalue weighted by atomic mass is 32.1. The van der Waals surface area contributed by atoms with E-state index in [0.29, 0.717) is 11.7 Å². The Bertz CT molecular complexity index is 1080. The summed E-state index contributed by atoms with van der Waals surface area (Å²) in [5, 5.41) is 11.6. The van der Waals surface area contributed by atoms with Gasteiger partial charge in [0.1, 0.15) is 12.1 Å². The van der Waals surface area contributed by atoms with Crippen molar-refractivity contribution in [2.75, 3.05) is 23.7 Å². The third-order valence-corrected chi connectivity index (χ3v) is 6.11. The molecule has 0 aliphatic rings. The summed E-state index contributed by atoms with van der Waals surface area (Å²) in [5.41, 5.74) is 2.15. The number of carbonyl (C=O) groups excluding carboxylic acids is 1. The molecule has 0 aliphatic carbocycles. The molecule has 4 rings (SSSR count). The smallest absolute Gasteiger partial charge is 0.321 e. The van der Waals surface area contributed by atoms with Crippen LogP contribution >= 0.6 is 22.7 Å². The van der Waals surface area contributed by atoms with Crippen LogP contribution in [0.1, 0.15) is 10.4 Å². The molecular weight excluding hydrogens is 404 g/mol. The molecule has 3 N–H and O–H groups in total. The summed E-state index contributed by atoms with van der Waals surface area (Å²) in [7, 11) is 0. The molecule has 0 fully saturated rings. The molecule has 0 radical (unpaired) electrons. The van der Waals surface area contributed by atoms with E-state index in [-0.39, 0.29) is 6.03 Å². The van der Waals surface area contributed by atoms with Crippen LogP contribution < -0.4 is 16.0 Å². The van der Waals surface area contributed by atoms with Crippen molar-refractivity contribution in [3.63, 3.8) is 0 Å². The van der Waals surface area contributed by atoms with Crippen molar-refractivity contribution in [2.24, 2.45) is 0 Å². The largest absolute Gasteiger partial charge is 0.368 e. The van der Waals surface area contributed by atoms with Gasteiger partial charge in [0.25, 0.3) is 0 Å². The lowest BCUT2D eigenvalue weighted by atomic mass is 10.1. The number of aromatic nitrogens is 3. The molecule has 0 saturated carbocycles. The minimum absolute atomic E-state index is 0.235. The zero-order valence-electron chi connectivity index (χ0n) is 15.6. The number of hydrogen-bond donors (Lipinski definition) is 3. The highest BCUT2D eigenvalue weighted by Gasteiger charge is 2.08. The molecule has 4 aromatic rings. The molecule has 0 aliphatic heterocycles. The number of thiophene rings is 1. The Morgan fingerprint density at radius 1 is 1.00 bits per heavy atom. The van der Waals surface area contributed by atoms with E-state index in [1.807, 2.05) is 41.8 Å². The minimum Gasteiger partial charge on any atom is -0.368 e. The maximum absolute atomic E-state index is 12.0. The van der Waals surface area contributed by atoms with Crippen molar-refractivity contribution >= 4 is 49.9 Å². The zero-order valence-corrected chi connectivity index (χ0v) is 17.2. The fourth-order valence-corrected chi connectivity index (χ4v) is 4.42. The molecule has 3 heterocycles. The lowest BCUT2D eigenvalue weighted by molar-refractivity contribution is 0.252. The fraction of sp³-hybridized carbons (Fsp3) is 0.200. The lowest BCUT2D eigenvalue weighted by Gasteiger charge is -2.05. The van der Waals surface area contributed by atoms with Crippen molar-refractivity contribution in [3.05, 3.63) is 64.7 Å². The number of benzene rings is 1. The number of fused-ring (bicyclic) bond motifs is 1. The summed E-state index contributed by atoms with van der Waals surface area (Å²) in [6.07, 6.45) is 4.96. The van der Waals surface area contributed by atoms with Crippen LogP contribution in [-0.2, 0) is 12.8 Å². The second-order valence-electron chi connectivity index (χ2n) is 6.28. The average Bonchev–Trinajstić information content (AvgIpc) is 3.39. The van der Waals surface area contributed by atoms with Crippen molar-refractivity contribution in [3.8, 4) is 0 Å². The molecule has 3 aromatic heterocycles. The quantitative estimate of drug-likeness (QED) is 0.395. The van der Waals surface area contributed by atoms with Crippen LogP contribution in [0, 0.1) is 0 Å². The van der Waals surface area contributed by atoms with Crippen LogP contribution in [0.5, 0.6) is 0 Å². The average molecular weight is 425 g/mol. The molecular formula is C20H20N6OS2. The second-order valence-corrected chi connectivity index (χ2v) is 8.31. The summed E-state index contributed by atoms with van der Waals surface area (Å²) in [4.78, 5) is 26.0. The Labute approximate surface area is 176 Å². The van der Waals surface area contributed by atoms with Gasteiger partial charge in [-0.25, -0.2) is 19.7 Å². The molecule has 2 amide bonds. The van der Waals surface area contributed by atoms with Gasteiger partial charge in [0.05, 0.1) is 10.2 Å². The van der Waals surface area contributed by atoms with Crippen LogP contribution in [0.2, 0.25) is 0 Å². The Morgan fingerprint density at radius 3 is 2.79 bits per heavy atom. The maximum atomic E-state index is 12.0. The van der Waals surface area contributed by atoms with E-state index in [1.54, 1.807) is 23.9 Å². The maximum Gasteiger partial charge on any atom is 0.321 e. The molecule has 0 unspecified atom stereocenters. The molecule has 9 heteroatoms. The monoisotopic (exact) mass is 424 g/mol. The number of hydrogen-bond acceptors (Lipinski definition) is 7. The van der Waals surface area contributed by atoms with Crippen molar-refractivity contribution in [1.82, 2.24) is 20.3 Å². The third kappa shape index (κ3) is 5.27. The molecule has 0 atom stereocenters. The molecule has 148 valence electrons. The van der Waals surface area contributed by atoms with Gasteiger partial charge in [-0.05, 0) is 23.4 Å². The first-order valence-corrected chi connectivity index (χ1v) is 10.9. The van der Waals surface area contributed by atoms with Gasteiger partial charge >= 0.3 is 6.03 Å². The van der Waals surface area contributed by atoms with E-state index in [1.165, 1.54) is 16.9 Å². The number of rotatable bonds is 8. The molecule has 0 spiro atoms. The molecule has 29 heavy (non-hydrogen) atoms. The van der Waals surface area contributed by atoms with Crippen LogP contribution in [0.25, 0.3) is 10.2 Å². The first-order valence-electron chi connectivity index (χ1n) is 9.23. The van der Waals surface area contributed by atoms with Crippen molar-refractivity contribution in [2.45, 2.75) is 12.8 Å². The van der Waals surface area contributed by atoms with Gasteiger partial charge in [0, 0.05) is 30.6 Å². The SMILES string of the molecule is O=C(NCCc1ccccc1)Nc1ncc(CCNc2ncnc3ccsc23)s1. The van der Waals surface area contributed by atoms with E-state index >= 15 is 0 Å². The standard InChI is InChI=1S/C20H20N6OS2/c27-19(22-9-6-14-4-2-1-3-5-14)26-20-23-12-15(29-20)7-10-21-18-17-16(8-11-28-17)24-13-25-18/h1-5,8,11-13H,6-7,9-10H2,(H,21,24,25)(H2,22,23,26,27). The normalized spacial score (nSPS) is 10.8. The number of urea groups is 1. The Morgan fingerprint density at radius 2 is 1.90 bits per heavy atom. The summed E-state index contributed by atoms with van der Waals surface area (Å²) in [6, 6.07) is 11.8. The van der Waals surface area contributed by atoms with Gasteiger partial charge in [-0.2, -0.15) is 0 Å². The first-order chi connectivity index (χ1) is 14.3. The van der Waals surface area contributed by atoms with Gasteiger partial charge in [-0.3, -0.25) is 5.32 Å². The van der Waals surface area contributed by atoms with E-state index in [0.717, 1.165) is 40.3 Å². The van der Waals surface area contributed by atoms with Crippen LogP contribution in [-0.4, -0.2) is 34.1 Å². The van der Waals surface area contributed by atoms with E-state index < -0.39 is 0 Å². The number of amides is 2. The predicted octanol–water partition coefficient (Wildman–Crippen LogP) is 4.17. The highest BCUT2D eigenvalue weighted by Crippen LogP contribution is 2.25. The highest BCUT2D eigenvalue weighted by molar-refractivity contribution is 7.17. The van der Waals surface area contributed by atoms with Gasteiger partial charge < -0.3 is 10.6 Å². The second kappa shape index (κ2) is 9.44. The summed E-state index contributed by atoms with van der Waals surface area (Å²) >= 11 is 3.10. The van der Waals surface area contributed by atoms with Crippen molar-refractivity contribution in [1.29, 1.82) is 0 Å². The Balaban J connectivity index is 1.21. The number of anilines is 2. The third-order valence-electron chi connectivity index (χ3n) is 4.22. The zero-order chi connectivity index (χ0) is 19.9. The Kier molecular flexibility index (Phi) is 6.28. The number of nitrogens with zero attached hydrogens (tertiary/aromatic N) is 3. The van der Waals surface area contributed by atoms with E-state index in [4.69, 9.17) is 0 Å². The number of nitrogens with one attached hydrogen (secondary N) is 3. The Hall–Kier alpha value is -3.04. The summed E-state index contributed by atoms with van der Waals surface area (Å²) in [6.45, 7) is 1.31. The molecule has 1 aromatic carbocycles. The van der Waals surface area contributed by atoms with Crippen LogP contribution in [0.4, 0.5) is 15.7 Å². The predicted molar refractivity (Wildman–Crippen MR) is 119 cm³/mol. The van der Waals surface area contributed by atoms with E-state index in [9.17, 15) is 4.79 Å². The van der Waals surface area contributed by atoms with Gasteiger partial charge in [-0.1, -0.05) is 30.3 Å². The molecule has 0 saturated heterocycles. The first kappa shape index (κ1) is 19.3. The molecule has 0 bridgehead atoms. The molecule has 7 nitrogen and oxygen atoms in total. The lowest BCUT2D eigenvalue weighted by Crippen LogP contribution is -2.30. The van der Waals surface area contributed by atoms with Gasteiger partial charge in [0.2, 0.25) is 0 Å². The van der Waals surface area contributed by atoms with Crippen LogP contribution in [0.15, 0.2) is 54.3 Å². The van der Waals surface area contributed by atoms with Crippen LogP contribution in [0.3, 0.4) is 0 Å². The summed E-state index contributed by atoms with van der Waals surface area (Å²) < 4.78 is 1.06. The van der Waals surface area contributed by atoms with Gasteiger partial charge in [0.15, 0.2) is 5.13 Å². The topological polar surface area (TPSA) is 91.8 Å². The minimum atomic E-state index is -0.235. The number of carbonyl (C=O) groups is 1. The fourth-order valence-electron chi connectivity index (χ4n) is 2.81. The summed E-state index contributed by atoms with van der Waals surface area (Å²) in [5.74, 6) is 0.852. The van der Waals surface area contributed by atoms with E-state index in [2.05, 4.69) is 30.9 Å². The van der Waals surface area contributed by atoms with Crippen molar-refractivity contribution < 1.29 is 4.79 Å². The number of thiazole rings is 1.